The van der Waals surface area contributed by atoms with Crippen LogP contribution in [-0.2, 0) is 27.9 Å². The van der Waals surface area contributed by atoms with Crippen molar-refractivity contribution in [2.45, 2.75) is 129 Å². The second-order valence-corrected chi connectivity index (χ2v) is 15.0. The number of carbonyl (C=O) groups is 1. The van der Waals surface area contributed by atoms with E-state index in [4.69, 9.17) is 18.5 Å². The Labute approximate surface area is 306 Å². The number of hydrogen-bond acceptors (Lipinski definition) is 6. The summed E-state index contributed by atoms with van der Waals surface area (Å²) < 4.78 is 34.6. The summed E-state index contributed by atoms with van der Waals surface area (Å²) in [6, 6.07) is 0. The lowest BCUT2D eigenvalue weighted by Gasteiger charge is -2.24. The van der Waals surface area contributed by atoms with Gasteiger partial charge in [-0.15, -0.1) is 0 Å². The number of phosphoric ester groups is 1. The fourth-order valence-electron chi connectivity index (χ4n) is 4.55. The van der Waals surface area contributed by atoms with Crippen LogP contribution in [0.3, 0.4) is 0 Å². The second kappa shape index (κ2) is 34.0. The first-order valence-electron chi connectivity index (χ1n) is 19.2. The highest BCUT2D eigenvalue weighted by Crippen LogP contribution is 2.43. The van der Waals surface area contributed by atoms with Crippen LogP contribution in [0.25, 0.3) is 0 Å². The molecule has 0 spiro atoms. The summed E-state index contributed by atoms with van der Waals surface area (Å²) in [6.07, 6.45) is 42.3. The number of rotatable bonds is 34. The average molecular weight is 723 g/mol. The molecule has 0 aromatic rings. The molecule has 288 valence electrons. The molecule has 0 saturated carbocycles. The van der Waals surface area contributed by atoms with Gasteiger partial charge in [0, 0.05) is 13.0 Å². The van der Waals surface area contributed by atoms with Gasteiger partial charge in [0.15, 0.2) is 0 Å². The maximum atomic E-state index is 12.6. The van der Waals surface area contributed by atoms with E-state index < -0.39 is 13.9 Å². The van der Waals surface area contributed by atoms with Gasteiger partial charge in [0.2, 0.25) is 0 Å². The number of quaternary nitrogens is 1. The van der Waals surface area contributed by atoms with Gasteiger partial charge in [-0.3, -0.25) is 13.8 Å². The highest BCUT2D eigenvalue weighted by Gasteiger charge is 2.26. The zero-order valence-electron chi connectivity index (χ0n) is 32.4. The molecular weight excluding hydrogens is 649 g/mol. The topological polar surface area (TPSA) is 91.3 Å². The van der Waals surface area contributed by atoms with Gasteiger partial charge in [-0.1, -0.05) is 125 Å². The van der Waals surface area contributed by atoms with Crippen molar-refractivity contribution in [1.82, 2.24) is 0 Å². The lowest BCUT2D eigenvalue weighted by Crippen LogP contribution is -2.37. The van der Waals surface area contributed by atoms with Crippen molar-refractivity contribution in [3.8, 4) is 0 Å². The van der Waals surface area contributed by atoms with Gasteiger partial charge in [0.1, 0.15) is 19.3 Å². The third-order valence-electron chi connectivity index (χ3n) is 7.53. The molecule has 0 amide bonds. The van der Waals surface area contributed by atoms with E-state index in [9.17, 15) is 14.3 Å². The van der Waals surface area contributed by atoms with Crippen molar-refractivity contribution in [3.63, 3.8) is 0 Å². The van der Waals surface area contributed by atoms with Crippen molar-refractivity contribution in [1.29, 1.82) is 0 Å². The number of carbonyl (C=O) groups excluding carboxylic acids is 1. The summed E-state index contributed by atoms with van der Waals surface area (Å²) in [5, 5.41) is 0. The molecular formula is C41H73NO7P+. The Morgan fingerprint density at radius 3 is 1.70 bits per heavy atom. The minimum Gasteiger partial charge on any atom is -0.457 e. The quantitative estimate of drug-likeness (QED) is 0.0232. The Balaban J connectivity index is 4.32. The van der Waals surface area contributed by atoms with Gasteiger partial charge in [-0.05, 0) is 64.2 Å². The van der Waals surface area contributed by atoms with Crippen LogP contribution >= 0.6 is 7.82 Å². The van der Waals surface area contributed by atoms with Crippen LogP contribution in [0.2, 0.25) is 0 Å². The van der Waals surface area contributed by atoms with Crippen molar-refractivity contribution in [2.75, 3.05) is 54.1 Å². The van der Waals surface area contributed by atoms with E-state index in [1.807, 2.05) is 21.1 Å². The number of hydrogen-bond donors (Lipinski definition) is 1. The predicted molar refractivity (Wildman–Crippen MR) is 210 cm³/mol. The normalized spacial score (nSPS) is 14.8. The van der Waals surface area contributed by atoms with Crippen molar-refractivity contribution >= 4 is 13.8 Å². The lowest BCUT2D eigenvalue weighted by molar-refractivity contribution is -0.870. The smallest absolute Gasteiger partial charge is 0.457 e. The summed E-state index contributed by atoms with van der Waals surface area (Å²) in [5.74, 6) is -0.361. The van der Waals surface area contributed by atoms with E-state index >= 15 is 0 Å². The van der Waals surface area contributed by atoms with Crippen LogP contribution in [0, 0.1) is 0 Å². The molecule has 0 aliphatic heterocycles. The zero-order chi connectivity index (χ0) is 37.0. The molecule has 0 rings (SSSR count). The molecule has 0 aliphatic rings. The molecule has 2 atom stereocenters. The fraction of sp³-hybridized carbons (Fsp3) is 0.683. The van der Waals surface area contributed by atoms with Crippen molar-refractivity contribution in [3.05, 3.63) is 72.9 Å². The third kappa shape index (κ3) is 37.2. The molecule has 0 bridgehead atoms. The van der Waals surface area contributed by atoms with E-state index in [0.717, 1.165) is 64.2 Å². The Morgan fingerprint density at radius 2 is 1.16 bits per heavy atom. The standard InChI is InChI=1S/C41H72NO7P/c1-6-8-10-12-14-15-16-17-18-19-20-21-22-23-24-25-26-27-28-30-32-34-41(43)49-40(38-46-36-33-31-29-13-11-9-7-2)39-48-50(44,45)47-37-35-42(3,4)5/h8,10,14-15,17-18,20-21,23-24,26-27,40H,6-7,9,11-13,16,19,22,25,28-39H2,1-5H3/p+1/b10-8-,15-14-,18-17-,21-20-,24-23-,27-26-. The zero-order valence-corrected chi connectivity index (χ0v) is 33.2. The first-order valence-corrected chi connectivity index (χ1v) is 20.7. The van der Waals surface area contributed by atoms with Gasteiger partial charge >= 0.3 is 13.8 Å². The Hall–Kier alpha value is -2.06. The Kier molecular flexibility index (Phi) is 32.6. The molecule has 0 radical (unpaired) electrons. The molecule has 0 heterocycles. The monoisotopic (exact) mass is 723 g/mol. The third-order valence-corrected chi connectivity index (χ3v) is 8.52. The van der Waals surface area contributed by atoms with Gasteiger partial charge in [0.25, 0.3) is 0 Å². The molecule has 2 unspecified atom stereocenters. The largest absolute Gasteiger partial charge is 0.472 e. The highest BCUT2D eigenvalue weighted by molar-refractivity contribution is 7.47. The number of nitrogens with zero attached hydrogens (tertiary/aromatic N) is 1. The summed E-state index contributed by atoms with van der Waals surface area (Å²) in [7, 11) is 1.62. The van der Waals surface area contributed by atoms with Crippen molar-refractivity contribution < 1.29 is 37.3 Å². The Morgan fingerprint density at radius 1 is 0.640 bits per heavy atom. The highest BCUT2D eigenvalue weighted by atomic mass is 31.2. The average Bonchev–Trinajstić information content (AvgIpc) is 3.06. The van der Waals surface area contributed by atoms with Gasteiger partial charge < -0.3 is 18.9 Å². The number of esters is 1. The van der Waals surface area contributed by atoms with Gasteiger partial charge in [-0.2, -0.15) is 0 Å². The summed E-state index contributed by atoms with van der Waals surface area (Å²) in [4.78, 5) is 22.7. The second-order valence-electron chi connectivity index (χ2n) is 13.6. The summed E-state index contributed by atoms with van der Waals surface area (Å²) in [6.45, 7) is 5.38. The van der Waals surface area contributed by atoms with Gasteiger partial charge in [0.05, 0.1) is 34.4 Å². The maximum absolute atomic E-state index is 12.6. The number of phosphoric acid groups is 1. The molecule has 8 nitrogen and oxygen atoms in total. The number of ether oxygens (including phenoxy) is 2. The van der Waals surface area contributed by atoms with E-state index in [2.05, 4.69) is 86.8 Å². The van der Waals surface area contributed by atoms with Crippen LogP contribution in [0.1, 0.15) is 123 Å². The van der Waals surface area contributed by atoms with E-state index in [1.165, 1.54) is 32.1 Å². The first-order chi connectivity index (χ1) is 24.1. The molecule has 0 aliphatic carbocycles. The van der Waals surface area contributed by atoms with E-state index in [-0.39, 0.29) is 32.2 Å². The number of likely N-dealkylation sites (N-methyl/N-ethyl adjacent to an activating group) is 1. The molecule has 9 heteroatoms. The number of allylic oxidation sites excluding steroid dienone is 12. The lowest BCUT2D eigenvalue weighted by atomic mass is 10.1. The van der Waals surface area contributed by atoms with Crippen LogP contribution in [-0.4, -0.2) is 75.6 Å². The Bertz CT molecular complexity index is 1030. The van der Waals surface area contributed by atoms with Crippen LogP contribution in [0.15, 0.2) is 72.9 Å². The number of unbranched alkanes of at least 4 members (excludes halogenated alkanes) is 8. The summed E-state index contributed by atoms with van der Waals surface area (Å²) in [5.41, 5.74) is 0. The molecule has 1 N–H and O–H groups in total. The summed E-state index contributed by atoms with van der Waals surface area (Å²) >= 11 is 0. The molecule has 0 aromatic heterocycles. The molecule has 0 fully saturated rings. The minimum absolute atomic E-state index is 0.0766. The van der Waals surface area contributed by atoms with E-state index in [1.54, 1.807) is 0 Å². The van der Waals surface area contributed by atoms with Crippen LogP contribution < -0.4 is 0 Å². The van der Waals surface area contributed by atoms with Crippen molar-refractivity contribution in [2.24, 2.45) is 0 Å². The maximum Gasteiger partial charge on any atom is 0.472 e. The van der Waals surface area contributed by atoms with E-state index in [0.29, 0.717) is 24.1 Å². The predicted octanol–water partition coefficient (Wildman–Crippen LogP) is 10.8. The minimum atomic E-state index is -4.28. The van der Waals surface area contributed by atoms with Crippen LogP contribution in [0.4, 0.5) is 0 Å². The van der Waals surface area contributed by atoms with Gasteiger partial charge in [-0.25, -0.2) is 4.57 Å². The fourth-order valence-corrected chi connectivity index (χ4v) is 5.29. The molecule has 50 heavy (non-hydrogen) atoms. The first kappa shape index (κ1) is 47.9. The van der Waals surface area contributed by atoms with Crippen LogP contribution in [0.5, 0.6) is 0 Å². The SMILES string of the molecule is CC/C=C\C/C=C\C/C=C\C/C=C\C/C=C\C/C=C\CCCCC(=O)OC(COCCCCCCCCC)COP(=O)(O)OCC[N+](C)(C)C. The molecule has 0 saturated heterocycles. The molecule has 0 aromatic carbocycles.